The highest BCUT2D eigenvalue weighted by Crippen LogP contribution is 2.33. The molecule has 0 radical (unpaired) electrons. The number of benzene rings is 1. The fourth-order valence-electron chi connectivity index (χ4n) is 1.22. The van der Waals surface area contributed by atoms with Gasteiger partial charge in [-0.15, -0.1) is 0 Å². The van der Waals surface area contributed by atoms with E-state index in [9.17, 15) is 18.7 Å². The average Bonchev–Trinajstić information content (AvgIpc) is 2.21. The van der Waals surface area contributed by atoms with E-state index in [1.54, 1.807) is 0 Å². The molecule has 0 saturated carbocycles. The predicted molar refractivity (Wildman–Crippen MR) is 56.2 cm³/mol. The molecule has 1 rings (SSSR count). The van der Waals surface area contributed by atoms with E-state index in [2.05, 4.69) is 15.9 Å². The van der Waals surface area contributed by atoms with E-state index in [-0.39, 0.29) is 16.5 Å². The van der Waals surface area contributed by atoms with Crippen molar-refractivity contribution in [1.29, 1.82) is 0 Å². The average molecular weight is 295 g/mol. The Labute approximate surface area is 98.8 Å². The summed E-state index contributed by atoms with van der Waals surface area (Å²) in [5.41, 5.74) is -0.332. The Hall–Kier alpha value is -1.17. The number of carboxylic acids is 1. The lowest BCUT2D eigenvalue weighted by Gasteiger charge is -2.11. The summed E-state index contributed by atoms with van der Waals surface area (Å²) in [4.78, 5) is 10.6. The van der Waals surface area contributed by atoms with Crippen molar-refractivity contribution in [2.75, 3.05) is 0 Å². The standard InChI is InChI=1S/C10H9BrF2O3/c1-4(10(15)16)2-5-8(13)7(12)3-6(11)9(5)14/h3-4,14H,2H2,1H3,(H,15,16). The van der Waals surface area contributed by atoms with Crippen molar-refractivity contribution in [3.05, 3.63) is 27.7 Å². The zero-order valence-corrected chi connectivity index (χ0v) is 9.88. The van der Waals surface area contributed by atoms with Crippen LogP contribution in [-0.2, 0) is 11.2 Å². The molecule has 1 aromatic carbocycles. The van der Waals surface area contributed by atoms with Gasteiger partial charge in [0, 0.05) is 5.56 Å². The van der Waals surface area contributed by atoms with Crippen LogP contribution in [0.5, 0.6) is 5.75 Å². The zero-order valence-electron chi connectivity index (χ0n) is 8.30. The molecule has 0 aliphatic carbocycles. The number of carboxylic acid groups (broad SMARTS) is 1. The number of halogens is 3. The number of phenolic OH excluding ortho intramolecular Hbond substituents is 1. The van der Waals surface area contributed by atoms with Crippen molar-refractivity contribution in [3.63, 3.8) is 0 Å². The quantitative estimate of drug-likeness (QED) is 0.843. The Morgan fingerprint density at radius 3 is 2.62 bits per heavy atom. The molecule has 0 aliphatic heterocycles. The summed E-state index contributed by atoms with van der Waals surface area (Å²) in [5, 5.41) is 18.1. The van der Waals surface area contributed by atoms with Crippen LogP contribution in [0.2, 0.25) is 0 Å². The number of carbonyl (C=O) groups is 1. The first-order valence-electron chi connectivity index (χ1n) is 4.42. The second-order valence-corrected chi connectivity index (χ2v) is 4.28. The van der Waals surface area contributed by atoms with Crippen molar-refractivity contribution in [3.8, 4) is 5.75 Å². The van der Waals surface area contributed by atoms with Crippen LogP contribution in [-0.4, -0.2) is 16.2 Å². The van der Waals surface area contributed by atoms with Crippen molar-refractivity contribution in [2.24, 2.45) is 5.92 Å². The van der Waals surface area contributed by atoms with Crippen LogP contribution >= 0.6 is 15.9 Å². The number of phenols is 1. The van der Waals surface area contributed by atoms with Crippen LogP contribution in [0.4, 0.5) is 8.78 Å². The van der Waals surface area contributed by atoms with Crippen LogP contribution in [0, 0.1) is 17.6 Å². The third kappa shape index (κ3) is 2.49. The van der Waals surface area contributed by atoms with E-state index in [0.717, 1.165) is 6.07 Å². The molecule has 1 atom stereocenters. The van der Waals surface area contributed by atoms with E-state index in [0.29, 0.717) is 0 Å². The number of hydrogen-bond acceptors (Lipinski definition) is 2. The topological polar surface area (TPSA) is 57.5 Å². The van der Waals surface area contributed by atoms with Gasteiger partial charge in [-0.2, -0.15) is 0 Å². The molecule has 16 heavy (non-hydrogen) atoms. The second kappa shape index (κ2) is 4.78. The van der Waals surface area contributed by atoms with Gasteiger partial charge in [0.05, 0.1) is 10.4 Å². The number of hydrogen-bond donors (Lipinski definition) is 2. The molecular formula is C10H9BrF2O3. The summed E-state index contributed by atoms with van der Waals surface area (Å²) in [5.74, 6) is -4.86. The fourth-order valence-corrected chi connectivity index (χ4v) is 1.66. The Kier molecular flexibility index (Phi) is 3.85. The summed E-state index contributed by atoms with van der Waals surface area (Å²) in [7, 11) is 0. The van der Waals surface area contributed by atoms with Gasteiger partial charge in [-0.25, -0.2) is 8.78 Å². The molecule has 0 heterocycles. The molecule has 1 aromatic rings. The van der Waals surface area contributed by atoms with Crippen LogP contribution in [0.1, 0.15) is 12.5 Å². The molecule has 88 valence electrons. The lowest BCUT2D eigenvalue weighted by atomic mass is 10.00. The third-order valence-electron chi connectivity index (χ3n) is 2.17. The normalized spacial score (nSPS) is 12.5. The second-order valence-electron chi connectivity index (χ2n) is 3.42. The summed E-state index contributed by atoms with van der Waals surface area (Å²) in [6.45, 7) is 1.35. The predicted octanol–water partition coefficient (Wildman–Crippen LogP) is 2.70. The maximum atomic E-state index is 13.3. The van der Waals surface area contributed by atoms with Gasteiger partial charge in [-0.1, -0.05) is 6.92 Å². The molecule has 0 spiro atoms. The Morgan fingerprint density at radius 2 is 2.12 bits per heavy atom. The van der Waals surface area contributed by atoms with Crippen molar-refractivity contribution in [2.45, 2.75) is 13.3 Å². The lowest BCUT2D eigenvalue weighted by Crippen LogP contribution is -2.13. The van der Waals surface area contributed by atoms with E-state index in [4.69, 9.17) is 5.11 Å². The summed E-state index contributed by atoms with van der Waals surface area (Å²) in [6, 6.07) is 0.791. The molecular weight excluding hydrogens is 286 g/mol. The zero-order chi connectivity index (χ0) is 12.5. The van der Waals surface area contributed by atoms with Crippen molar-refractivity contribution >= 4 is 21.9 Å². The number of aromatic hydroxyl groups is 1. The highest BCUT2D eigenvalue weighted by Gasteiger charge is 2.21. The maximum Gasteiger partial charge on any atom is 0.306 e. The van der Waals surface area contributed by atoms with Crippen LogP contribution in [0.25, 0.3) is 0 Å². The molecule has 0 aliphatic rings. The van der Waals surface area contributed by atoms with E-state index in [1.165, 1.54) is 6.92 Å². The molecule has 2 N–H and O–H groups in total. The Bertz CT molecular complexity index is 408. The first-order valence-corrected chi connectivity index (χ1v) is 5.22. The molecule has 0 fully saturated rings. The smallest absolute Gasteiger partial charge is 0.306 e. The summed E-state index contributed by atoms with van der Waals surface area (Å²) < 4.78 is 26.3. The van der Waals surface area contributed by atoms with Crippen molar-refractivity contribution in [1.82, 2.24) is 0 Å². The molecule has 0 bridgehead atoms. The van der Waals surface area contributed by atoms with Crippen LogP contribution in [0.3, 0.4) is 0 Å². The monoisotopic (exact) mass is 294 g/mol. The third-order valence-corrected chi connectivity index (χ3v) is 2.78. The molecule has 3 nitrogen and oxygen atoms in total. The van der Waals surface area contributed by atoms with Gasteiger partial charge in [-0.05, 0) is 28.4 Å². The van der Waals surface area contributed by atoms with E-state index >= 15 is 0 Å². The summed E-state index contributed by atoms with van der Waals surface area (Å²) in [6.07, 6.45) is -0.274. The first-order chi connectivity index (χ1) is 7.34. The Morgan fingerprint density at radius 1 is 1.56 bits per heavy atom. The minimum Gasteiger partial charge on any atom is -0.506 e. The molecule has 1 unspecified atom stereocenters. The minimum absolute atomic E-state index is 0.000936. The van der Waals surface area contributed by atoms with Gasteiger partial charge in [0.25, 0.3) is 0 Å². The van der Waals surface area contributed by atoms with Crippen molar-refractivity contribution < 1.29 is 23.8 Å². The number of rotatable bonds is 3. The van der Waals surface area contributed by atoms with E-state index in [1.807, 2.05) is 0 Å². The highest BCUT2D eigenvalue weighted by atomic mass is 79.9. The summed E-state index contributed by atoms with van der Waals surface area (Å²) >= 11 is 2.85. The van der Waals surface area contributed by atoms with Gasteiger partial charge < -0.3 is 10.2 Å². The highest BCUT2D eigenvalue weighted by molar-refractivity contribution is 9.10. The lowest BCUT2D eigenvalue weighted by molar-refractivity contribution is -0.141. The van der Waals surface area contributed by atoms with Gasteiger partial charge in [0.2, 0.25) is 0 Å². The maximum absolute atomic E-state index is 13.3. The van der Waals surface area contributed by atoms with Gasteiger partial charge >= 0.3 is 5.97 Å². The molecule has 0 amide bonds. The Balaban J connectivity index is 3.17. The molecule has 6 heteroatoms. The first kappa shape index (κ1) is 12.9. The minimum atomic E-state index is -1.21. The van der Waals surface area contributed by atoms with Gasteiger partial charge in [0.15, 0.2) is 11.6 Å². The van der Waals surface area contributed by atoms with E-state index < -0.39 is 29.3 Å². The molecule has 0 saturated heterocycles. The van der Waals surface area contributed by atoms with Gasteiger partial charge in [0.1, 0.15) is 5.75 Å². The van der Waals surface area contributed by atoms with Crippen LogP contribution < -0.4 is 0 Å². The SMILES string of the molecule is CC(Cc1c(O)c(Br)cc(F)c1F)C(=O)O. The number of aliphatic carboxylic acids is 1. The fraction of sp³-hybridized carbons (Fsp3) is 0.300. The van der Waals surface area contributed by atoms with Gasteiger partial charge in [-0.3, -0.25) is 4.79 Å². The van der Waals surface area contributed by atoms with Crippen LogP contribution in [0.15, 0.2) is 10.5 Å². The largest absolute Gasteiger partial charge is 0.506 e. The molecule has 0 aromatic heterocycles.